The second kappa shape index (κ2) is 9.51. The summed E-state index contributed by atoms with van der Waals surface area (Å²) in [5.41, 5.74) is 2.83. The van der Waals surface area contributed by atoms with Crippen molar-refractivity contribution in [2.75, 3.05) is 6.61 Å². The molecule has 0 heterocycles. The average Bonchev–Trinajstić information content (AvgIpc) is 2.60. The summed E-state index contributed by atoms with van der Waals surface area (Å²) >= 11 is 16.5. The Morgan fingerprint density at radius 1 is 1.12 bits per heavy atom. The lowest BCUT2D eigenvalue weighted by atomic mass is 9.77. The second-order valence-electron chi connectivity index (χ2n) is 6.00. The molecule has 0 radical (unpaired) electrons. The molecule has 1 saturated carbocycles. The summed E-state index contributed by atoms with van der Waals surface area (Å²) in [6.45, 7) is -0.453. The lowest BCUT2D eigenvalue weighted by Crippen LogP contribution is -2.34. The molecule has 1 N–H and O–H groups in total. The van der Waals surface area contributed by atoms with Crippen molar-refractivity contribution in [3.8, 4) is 0 Å². The van der Waals surface area contributed by atoms with E-state index >= 15 is 0 Å². The zero-order valence-corrected chi connectivity index (χ0v) is 15.8. The molecule has 5 nitrogen and oxygen atoms in total. The molecule has 1 aromatic rings. The first kappa shape index (κ1) is 20.1. The highest BCUT2D eigenvalue weighted by molar-refractivity contribution is 6.67. The molecule has 1 aliphatic rings. The fraction of sp³-hybridized carbons (Fsp3) is 0.529. The molecule has 1 aliphatic carbocycles. The monoisotopic (exact) mass is 407 g/mol. The van der Waals surface area contributed by atoms with Gasteiger partial charge in [0.1, 0.15) is 6.61 Å². The van der Waals surface area contributed by atoms with Gasteiger partial charge in [-0.05, 0) is 24.3 Å². The van der Waals surface area contributed by atoms with Crippen molar-refractivity contribution < 1.29 is 19.2 Å². The maximum absolute atomic E-state index is 12.6. The van der Waals surface area contributed by atoms with E-state index in [0.717, 1.165) is 31.2 Å². The standard InChI is InChI=1S/C17H20Cl3NO4/c18-17(19,20)11-24-16(23)21-25-15(22)14(12-7-3-1-4-8-12)13-9-5-2-6-10-13/h1,3-4,7-8,13-14H,2,5-6,9-11H2,(H,21,23). The minimum atomic E-state index is -1.73. The normalized spacial score (nSPS) is 16.8. The highest BCUT2D eigenvalue weighted by Gasteiger charge is 2.33. The van der Waals surface area contributed by atoms with Crippen molar-refractivity contribution in [2.45, 2.75) is 41.8 Å². The quantitative estimate of drug-likeness (QED) is 0.568. The van der Waals surface area contributed by atoms with Gasteiger partial charge in [0.25, 0.3) is 0 Å². The van der Waals surface area contributed by atoms with Crippen LogP contribution in [0.3, 0.4) is 0 Å². The van der Waals surface area contributed by atoms with Gasteiger partial charge in [0, 0.05) is 0 Å². The maximum Gasteiger partial charge on any atom is 0.440 e. The molecule has 25 heavy (non-hydrogen) atoms. The largest absolute Gasteiger partial charge is 0.443 e. The summed E-state index contributed by atoms with van der Waals surface area (Å²) in [5, 5.41) is 0. The Bertz CT molecular complexity index is 571. The number of alkyl halides is 3. The lowest BCUT2D eigenvalue weighted by molar-refractivity contribution is -0.153. The smallest absolute Gasteiger partial charge is 0.440 e. The van der Waals surface area contributed by atoms with Crippen molar-refractivity contribution in [1.82, 2.24) is 5.48 Å². The topological polar surface area (TPSA) is 64.6 Å². The van der Waals surface area contributed by atoms with Gasteiger partial charge in [-0.3, -0.25) is 0 Å². The summed E-state index contributed by atoms with van der Waals surface area (Å²) in [7, 11) is 0. The molecule has 1 unspecified atom stereocenters. The Hall–Kier alpha value is -1.17. The number of nitrogens with one attached hydrogen (secondary N) is 1. The third-order valence-corrected chi connectivity index (χ3v) is 4.46. The highest BCUT2D eigenvalue weighted by atomic mass is 35.6. The van der Waals surface area contributed by atoms with Gasteiger partial charge in [-0.2, -0.15) is 0 Å². The third kappa shape index (κ3) is 6.92. The molecule has 1 atom stereocenters. The van der Waals surface area contributed by atoms with E-state index in [2.05, 4.69) is 4.74 Å². The van der Waals surface area contributed by atoms with Crippen LogP contribution in [0.1, 0.15) is 43.6 Å². The Morgan fingerprint density at radius 3 is 2.36 bits per heavy atom. The van der Waals surface area contributed by atoms with Crippen molar-refractivity contribution >= 4 is 46.9 Å². The predicted molar refractivity (Wildman–Crippen MR) is 96.6 cm³/mol. The van der Waals surface area contributed by atoms with Crippen molar-refractivity contribution in [3.05, 3.63) is 35.9 Å². The summed E-state index contributed by atoms with van der Waals surface area (Å²) < 4.78 is 2.94. The van der Waals surface area contributed by atoms with Gasteiger partial charge in [-0.1, -0.05) is 84.4 Å². The van der Waals surface area contributed by atoms with E-state index in [-0.39, 0.29) is 5.92 Å². The van der Waals surface area contributed by atoms with E-state index in [0.29, 0.717) is 0 Å². The van der Waals surface area contributed by atoms with Crippen LogP contribution in [0.4, 0.5) is 4.79 Å². The van der Waals surface area contributed by atoms with Crippen molar-refractivity contribution in [3.63, 3.8) is 0 Å². The van der Waals surface area contributed by atoms with Gasteiger partial charge in [0.2, 0.25) is 3.79 Å². The van der Waals surface area contributed by atoms with Crippen LogP contribution >= 0.6 is 34.8 Å². The number of hydroxylamine groups is 1. The molecule has 0 saturated heterocycles. The molecule has 0 aliphatic heterocycles. The number of ether oxygens (including phenoxy) is 1. The predicted octanol–water partition coefficient (Wildman–Crippen LogP) is 4.91. The molecular weight excluding hydrogens is 389 g/mol. The minimum absolute atomic E-state index is 0.183. The van der Waals surface area contributed by atoms with Gasteiger partial charge in [0.15, 0.2) is 0 Å². The zero-order valence-electron chi connectivity index (χ0n) is 13.6. The van der Waals surface area contributed by atoms with E-state index in [4.69, 9.17) is 39.6 Å². The average molecular weight is 409 g/mol. The number of halogens is 3. The molecule has 1 aromatic carbocycles. The number of amides is 1. The summed E-state index contributed by atoms with van der Waals surface area (Å²) in [5.74, 6) is -0.776. The fourth-order valence-electron chi connectivity index (χ4n) is 3.06. The van der Waals surface area contributed by atoms with Crippen LogP contribution in [0.2, 0.25) is 0 Å². The van der Waals surface area contributed by atoms with Crippen LogP contribution in [0.25, 0.3) is 0 Å². The fourth-order valence-corrected chi connectivity index (χ4v) is 3.22. The number of rotatable bonds is 4. The number of hydrogen-bond acceptors (Lipinski definition) is 4. The molecule has 0 aromatic heterocycles. The Morgan fingerprint density at radius 2 is 1.76 bits per heavy atom. The first-order chi connectivity index (χ1) is 11.9. The van der Waals surface area contributed by atoms with Crippen LogP contribution in [-0.2, 0) is 14.4 Å². The zero-order chi connectivity index (χ0) is 18.3. The Labute approximate surface area is 161 Å². The maximum atomic E-state index is 12.6. The Kier molecular flexibility index (Phi) is 7.66. The molecule has 2 rings (SSSR count). The van der Waals surface area contributed by atoms with Gasteiger partial charge >= 0.3 is 12.1 Å². The van der Waals surface area contributed by atoms with Gasteiger partial charge in [0.05, 0.1) is 5.92 Å². The Balaban J connectivity index is 1.97. The van der Waals surface area contributed by atoms with Crippen LogP contribution < -0.4 is 5.48 Å². The van der Waals surface area contributed by atoms with Crippen LogP contribution in [-0.4, -0.2) is 22.5 Å². The molecule has 1 amide bonds. The third-order valence-electron chi connectivity index (χ3n) is 4.14. The first-order valence-electron chi connectivity index (χ1n) is 8.12. The second-order valence-corrected chi connectivity index (χ2v) is 8.52. The molecule has 0 spiro atoms. The highest BCUT2D eigenvalue weighted by Crippen LogP contribution is 2.36. The van der Waals surface area contributed by atoms with E-state index < -0.39 is 28.4 Å². The van der Waals surface area contributed by atoms with E-state index in [1.54, 1.807) is 0 Å². The molecule has 8 heteroatoms. The summed E-state index contributed by atoms with van der Waals surface area (Å²) in [6.07, 6.45) is 4.25. The van der Waals surface area contributed by atoms with Gasteiger partial charge < -0.3 is 9.57 Å². The molecule has 0 bridgehead atoms. The molecule has 1 fully saturated rings. The van der Waals surface area contributed by atoms with Gasteiger partial charge in [-0.15, -0.1) is 5.48 Å². The van der Waals surface area contributed by atoms with Crippen LogP contribution in [0.5, 0.6) is 0 Å². The summed E-state index contributed by atoms with van der Waals surface area (Å²) in [6, 6.07) is 9.42. The van der Waals surface area contributed by atoms with Crippen molar-refractivity contribution in [2.24, 2.45) is 5.92 Å². The van der Waals surface area contributed by atoms with E-state index in [1.165, 1.54) is 6.42 Å². The minimum Gasteiger partial charge on any atom is -0.443 e. The van der Waals surface area contributed by atoms with E-state index in [1.807, 2.05) is 35.8 Å². The number of carbonyl (C=O) groups is 2. The molecular formula is C17H20Cl3NO4. The SMILES string of the molecule is O=C(NOC(=O)C(c1ccccc1)C1CCCCC1)OCC(Cl)(Cl)Cl. The summed E-state index contributed by atoms with van der Waals surface area (Å²) in [4.78, 5) is 29.1. The number of hydrogen-bond donors (Lipinski definition) is 1. The lowest BCUT2D eigenvalue weighted by Gasteiger charge is -2.28. The van der Waals surface area contributed by atoms with E-state index in [9.17, 15) is 9.59 Å². The van der Waals surface area contributed by atoms with Crippen molar-refractivity contribution in [1.29, 1.82) is 0 Å². The van der Waals surface area contributed by atoms with Crippen LogP contribution in [0.15, 0.2) is 30.3 Å². The number of benzene rings is 1. The first-order valence-corrected chi connectivity index (χ1v) is 9.25. The number of carbonyl (C=O) groups excluding carboxylic acids is 2. The molecule has 138 valence electrons. The van der Waals surface area contributed by atoms with Gasteiger partial charge in [-0.25, -0.2) is 9.59 Å². The van der Waals surface area contributed by atoms with Crippen LogP contribution in [0, 0.1) is 5.92 Å².